The molecular weight excluding hydrogens is 312 g/mol. The summed E-state index contributed by atoms with van der Waals surface area (Å²) in [6.45, 7) is 8.60. The number of hydrogen-bond donors (Lipinski definition) is 1. The van der Waals surface area contributed by atoms with Crippen LogP contribution in [0.2, 0.25) is 0 Å². The molecule has 0 aromatic heterocycles. The lowest BCUT2D eigenvalue weighted by Crippen LogP contribution is -2.42. The number of nitrogens with one attached hydrogen (secondary N) is 1. The molecule has 0 aliphatic carbocycles. The van der Waals surface area contributed by atoms with Crippen molar-refractivity contribution in [2.24, 2.45) is 10.9 Å². The summed E-state index contributed by atoms with van der Waals surface area (Å²) in [5, 5.41) is 3.43. The first-order valence-corrected chi connectivity index (χ1v) is 9.31. The van der Waals surface area contributed by atoms with Crippen molar-refractivity contribution in [1.82, 2.24) is 15.1 Å². The molecule has 1 fully saturated rings. The lowest BCUT2D eigenvalue weighted by Gasteiger charge is -2.27. The van der Waals surface area contributed by atoms with E-state index in [0.717, 1.165) is 45.2 Å². The lowest BCUT2D eigenvalue weighted by molar-refractivity contribution is 0.181. The molecule has 0 bridgehead atoms. The normalized spacial score (nSPS) is 19.3. The molecule has 1 aromatic rings. The third-order valence-corrected chi connectivity index (χ3v) is 4.75. The molecule has 1 aromatic carbocycles. The molecule has 2 atom stereocenters. The minimum atomic E-state index is 0.275. The summed E-state index contributed by atoms with van der Waals surface area (Å²) in [5.41, 5.74) is 2.60. The average Bonchev–Trinajstić information content (AvgIpc) is 3.08. The zero-order valence-corrected chi connectivity index (χ0v) is 16.5. The Hall–Kier alpha value is -1.59. The van der Waals surface area contributed by atoms with Gasteiger partial charge in [-0.15, -0.1) is 0 Å². The zero-order valence-electron chi connectivity index (χ0n) is 16.5. The minimum absolute atomic E-state index is 0.275. The van der Waals surface area contributed by atoms with E-state index < -0.39 is 0 Å². The monoisotopic (exact) mass is 346 g/mol. The molecule has 140 valence electrons. The Kier molecular flexibility index (Phi) is 7.72. The maximum atomic E-state index is 5.50. The molecule has 1 saturated heterocycles. The summed E-state index contributed by atoms with van der Waals surface area (Å²) in [6, 6.07) is 9.04. The highest BCUT2D eigenvalue weighted by molar-refractivity contribution is 5.79. The van der Waals surface area contributed by atoms with E-state index in [1.54, 1.807) is 0 Å². The molecule has 0 amide bonds. The van der Waals surface area contributed by atoms with Gasteiger partial charge in [-0.1, -0.05) is 29.8 Å². The molecule has 0 saturated carbocycles. The second kappa shape index (κ2) is 9.78. The van der Waals surface area contributed by atoms with Gasteiger partial charge in [-0.25, -0.2) is 0 Å². The standard InChI is InChI=1S/C20H34N4O/c1-6-21-20(24(5)14-17-11-12-25-15-17)22-13-19(23(3)4)18-9-7-16(2)8-10-18/h7-10,17,19H,6,11-15H2,1-5H3,(H,21,22). The van der Waals surface area contributed by atoms with Crippen LogP contribution in [0, 0.1) is 12.8 Å². The Morgan fingerprint density at radius 1 is 1.28 bits per heavy atom. The molecule has 25 heavy (non-hydrogen) atoms. The van der Waals surface area contributed by atoms with Gasteiger partial charge in [0.15, 0.2) is 5.96 Å². The maximum absolute atomic E-state index is 5.50. The minimum Gasteiger partial charge on any atom is -0.381 e. The molecular formula is C20H34N4O. The molecule has 5 nitrogen and oxygen atoms in total. The lowest BCUT2D eigenvalue weighted by atomic mass is 10.0. The highest BCUT2D eigenvalue weighted by atomic mass is 16.5. The summed E-state index contributed by atoms with van der Waals surface area (Å²) in [7, 11) is 6.36. The van der Waals surface area contributed by atoms with Crippen LogP contribution in [0.15, 0.2) is 29.3 Å². The zero-order chi connectivity index (χ0) is 18.2. The highest BCUT2D eigenvalue weighted by Crippen LogP contribution is 2.19. The van der Waals surface area contributed by atoms with Crippen LogP contribution in [0.1, 0.15) is 30.5 Å². The van der Waals surface area contributed by atoms with E-state index in [1.165, 1.54) is 11.1 Å². The maximum Gasteiger partial charge on any atom is 0.193 e. The number of likely N-dealkylation sites (N-methyl/N-ethyl adjacent to an activating group) is 1. The average molecular weight is 347 g/mol. The van der Waals surface area contributed by atoms with Crippen LogP contribution < -0.4 is 5.32 Å². The second-order valence-corrected chi connectivity index (χ2v) is 7.19. The molecule has 5 heteroatoms. The van der Waals surface area contributed by atoms with E-state index in [9.17, 15) is 0 Å². The SMILES string of the molecule is CCNC(=NCC(c1ccc(C)cc1)N(C)C)N(C)CC1CCOC1. The topological polar surface area (TPSA) is 40.1 Å². The van der Waals surface area contributed by atoms with Gasteiger partial charge in [0, 0.05) is 32.7 Å². The fraction of sp³-hybridized carbons (Fsp3) is 0.650. The van der Waals surface area contributed by atoms with Gasteiger partial charge >= 0.3 is 0 Å². The first kappa shape index (κ1) is 19.7. The van der Waals surface area contributed by atoms with Crippen molar-refractivity contribution < 1.29 is 4.74 Å². The predicted octanol–water partition coefficient (Wildman–Crippen LogP) is 2.53. The van der Waals surface area contributed by atoms with E-state index in [-0.39, 0.29) is 6.04 Å². The molecule has 0 radical (unpaired) electrons. The Bertz CT molecular complexity index is 535. The van der Waals surface area contributed by atoms with Crippen molar-refractivity contribution in [2.45, 2.75) is 26.3 Å². The molecule has 1 aliphatic heterocycles. The van der Waals surface area contributed by atoms with Crippen LogP contribution in [-0.2, 0) is 4.74 Å². The van der Waals surface area contributed by atoms with Crippen LogP contribution >= 0.6 is 0 Å². The van der Waals surface area contributed by atoms with Crippen molar-refractivity contribution in [3.8, 4) is 0 Å². The second-order valence-electron chi connectivity index (χ2n) is 7.19. The van der Waals surface area contributed by atoms with Crippen molar-refractivity contribution in [2.75, 3.05) is 54.0 Å². The van der Waals surface area contributed by atoms with Crippen molar-refractivity contribution in [3.63, 3.8) is 0 Å². The van der Waals surface area contributed by atoms with Crippen LogP contribution in [0.3, 0.4) is 0 Å². The van der Waals surface area contributed by atoms with Gasteiger partial charge in [0.1, 0.15) is 0 Å². The third kappa shape index (κ3) is 6.01. The molecule has 1 aliphatic rings. The van der Waals surface area contributed by atoms with Gasteiger partial charge < -0.3 is 19.9 Å². The number of nitrogens with zero attached hydrogens (tertiary/aromatic N) is 3. The van der Waals surface area contributed by atoms with Crippen molar-refractivity contribution in [3.05, 3.63) is 35.4 Å². The Morgan fingerprint density at radius 2 is 2.00 bits per heavy atom. The van der Waals surface area contributed by atoms with E-state index in [0.29, 0.717) is 5.92 Å². The van der Waals surface area contributed by atoms with Crippen LogP contribution in [0.25, 0.3) is 0 Å². The van der Waals surface area contributed by atoms with Gasteiger partial charge in [-0.2, -0.15) is 0 Å². The predicted molar refractivity (Wildman–Crippen MR) is 105 cm³/mol. The molecule has 1 N–H and O–H groups in total. The van der Waals surface area contributed by atoms with Gasteiger partial charge in [0.25, 0.3) is 0 Å². The van der Waals surface area contributed by atoms with E-state index in [4.69, 9.17) is 9.73 Å². The summed E-state index contributed by atoms with van der Waals surface area (Å²) in [6.07, 6.45) is 1.15. The highest BCUT2D eigenvalue weighted by Gasteiger charge is 2.20. The van der Waals surface area contributed by atoms with E-state index >= 15 is 0 Å². The fourth-order valence-corrected chi connectivity index (χ4v) is 3.20. The number of guanidine groups is 1. The van der Waals surface area contributed by atoms with Gasteiger partial charge in [0.05, 0.1) is 19.2 Å². The summed E-state index contributed by atoms with van der Waals surface area (Å²) in [4.78, 5) is 9.40. The first-order valence-electron chi connectivity index (χ1n) is 9.31. The number of ether oxygens (including phenoxy) is 1. The number of rotatable bonds is 7. The number of aliphatic imine (C=N–C) groups is 1. The molecule has 2 rings (SSSR count). The largest absolute Gasteiger partial charge is 0.381 e. The van der Waals surface area contributed by atoms with Gasteiger partial charge in [-0.05, 0) is 39.9 Å². The van der Waals surface area contributed by atoms with Crippen LogP contribution in [-0.4, -0.2) is 69.8 Å². The summed E-state index contributed by atoms with van der Waals surface area (Å²) >= 11 is 0. The van der Waals surface area contributed by atoms with E-state index in [1.807, 2.05) is 0 Å². The Morgan fingerprint density at radius 3 is 2.56 bits per heavy atom. The van der Waals surface area contributed by atoms with Crippen molar-refractivity contribution in [1.29, 1.82) is 0 Å². The summed E-state index contributed by atoms with van der Waals surface area (Å²) in [5.74, 6) is 1.59. The van der Waals surface area contributed by atoms with E-state index in [2.05, 4.69) is 74.4 Å². The Balaban J connectivity index is 2.06. The summed E-state index contributed by atoms with van der Waals surface area (Å²) < 4.78 is 5.50. The quantitative estimate of drug-likeness (QED) is 0.608. The third-order valence-electron chi connectivity index (χ3n) is 4.75. The van der Waals surface area contributed by atoms with Gasteiger partial charge in [-0.3, -0.25) is 4.99 Å². The molecule has 1 heterocycles. The fourth-order valence-electron chi connectivity index (χ4n) is 3.20. The van der Waals surface area contributed by atoms with Gasteiger partial charge in [0.2, 0.25) is 0 Å². The Labute approximate surface area is 153 Å². The smallest absolute Gasteiger partial charge is 0.193 e. The first-order chi connectivity index (χ1) is 12.0. The van der Waals surface area contributed by atoms with Crippen molar-refractivity contribution >= 4 is 5.96 Å². The van der Waals surface area contributed by atoms with Crippen LogP contribution in [0.5, 0.6) is 0 Å². The molecule has 0 spiro atoms. The number of benzene rings is 1. The number of hydrogen-bond acceptors (Lipinski definition) is 3. The van der Waals surface area contributed by atoms with Crippen LogP contribution in [0.4, 0.5) is 0 Å². The number of aryl methyl sites for hydroxylation is 1. The molecule has 2 unspecified atom stereocenters.